The average molecular weight is 527 g/mol. The molecule has 3 aromatic rings. The number of carbonyl (C=O) groups excluding carboxylic acids is 1. The number of carbonyl (C=O) groups is 1. The van der Waals surface area contributed by atoms with Gasteiger partial charge in [-0.3, -0.25) is 4.79 Å². The molecule has 0 aliphatic carbocycles. The van der Waals surface area contributed by atoms with Gasteiger partial charge >= 0.3 is 6.18 Å². The van der Waals surface area contributed by atoms with Crippen molar-refractivity contribution < 1.29 is 35.2 Å². The van der Waals surface area contributed by atoms with Crippen molar-refractivity contribution >= 4 is 15.8 Å². The maximum Gasteiger partial charge on any atom is 0.451 e. The number of aryl methyl sites for hydroxylation is 1. The van der Waals surface area contributed by atoms with Gasteiger partial charge in [0.2, 0.25) is 15.8 Å². The van der Waals surface area contributed by atoms with Crippen molar-refractivity contribution in [3.05, 3.63) is 66.4 Å². The summed E-state index contributed by atoms with van der Waals surface area (Å²) >= 11 is 0. The van der Waals surface area contributed by atoms with E-state index < -0.39 is 52.4 Å². The van der Waals surface area contributed by atoms with Gasteiger partial charge in [-0.1, -0.05) is 0 Å². The molecule has 0 bridgehead atoms. The SMILES string of the molecule is O=C(CCc1cc(-c2cnc(C(F)(F)F)nc2)ncn1)[C@@H]1C[C@@H](F)CN1S(=O)(=O)c1ccc(F)cc1. The molecule has 2 aromatic heterocycles. The molecule has 3 heterocycles. The molecule has 8 nitrogen and oxygen atoms in total. The highest BCUT2D eigenvalue weighted by Gasteiger charge is 2.43. The van der Waals surface area contributed by atoms with E-state index in [0.29, 0.717) is 5.69 Å². The Morgan fingerprint density at radius 1 is 1.06 bits per heavy atom. The number of sulfonamides is 1. The summed E-state index contributed by atoms with van der Waals surface area (Å²) in [6.07, 6.45) is -3.58. The average Bonchev–Trinajstić information content (AvgIpc) is 3.25. The lowest BCUT2D eigenvalue weighted by atomic mass is 10.0. The summed E-state index contributed by atoms with van der Waals surface area (Å²) in [7, 11) is -4.24. The number of nitrogens with zero attached hydrogens (tertiary/aromatic N) is 5. The van der Waals surface area contributed by atoms with E-state index in [4.69, 9.17) is 0 Å². The standard InChI is InChI=1S/C22H18F5N5O3S/c23-14-1-4-17(5-2-14)36(34,35)32-11-15(24)7-19(32)20(33)6-3-16-8-18(31-12-30-16)13-9-28-21(29-10-13)22(25,26)27/h1-2,4-5,8-10,12,15,19H,3,6-7,11H2/t15-,19+/m1/s1. The van der Waals surface area contributed by atoms with Gasteiger partial charge in [0.15, 0.2) is 5.78 Å². The zero-order chi connectivity index (χ0) is 26.1. The summed E-state index contributed by atoms with van der Waals surface area (Å²) in [6.45, 7) is -0.498. The monoisotopic (exact) mass is 527 g/mol. The molecule has 14 heteroatoms. The topological polar surface area (TPSA) is 106 Å². The summed E-state index contributed by atoms with van der Waals surface area (Å²) in [5.74, 6) is -2.47. The van der Waals surface area contributed by atoms with E-state index in [9.17, 15) is 35.2 Å². The van der Waals surface area contributed by atoms with Crippen molar-refractivity contribution in [1.82, 2.24) is 24.2 Å². The first-order valence-corrected chi connectivity index (χ1v) is 12.0. The van der Waals surface area contributed by atoms with Crippen LogP contribution in [0.1, 0.15) is 24.4 Å². The van der Waals surface area contributed by atoms with Crippen LogP contribution in [0.3, 0.4) is 0 Å². The predicted octanol–water partition coefficient (Wildman–Crippen LogP) is 3.39. The first-order chi connectivity index (χ1) is 16.9. The molecular formula is C22H18F5N5O3S. The second-order valence-electron chi connectivity index (χ2n) is 8.03. The van der Waals surface area contributed by atoms with Gasteiger partial charge in [-0.25, -0.2) is 37.1 Å². The van der Waals surface area contributed by atoms with Crippen LogP contribution in [0.2, 0.25) is 0 Å². The van der Waals surface area contributed by atoms with Crippen molar-refractivity contribution in [1.29, 1.82) is 0 Å². The van der Waals surface area contributed by atoms with Gasteiger partial charge in [0.1, 0.15) is 18.3 Å². The second kappa shape index (κ2) is 9.93. The molecule has 0 radical (unpaired) electrons. The summed E-state index contributed by atoms with van der Waals surface area (Å²) in [5, 5.41) is 0. The Labute approximate surface area is 202 Å². The van der Waals surface area contributed by atoms with Crippen molar-refractivity contribution in [2.24, 2.45) is 0 Å². The second-order valence-corrected chi connectivity index (χ2v) is 9.92. The Balaban J connectivity index is 1.46. The van der Waals surface area contributed by atoms with E-state index in [1.807, 2.05) is 0 Å². The normalized spacial score (nSPS) is 18.9. The Morgan fingerprint density at radius 3 is 2.36 bits per heavy atom. The minimum absolute atomic E-state index is 0.0493. The maximum absolute atomic E-state index is 14.2. The molecule has 4 rings (SSSR count). The van der Waals surface area contributed by atoms with Gasteiger partial charge in [-0.15, -0.1) is 0 Å². The van der Waals surface area contributed by atoms with Gasteiger partial charge in [0, 0.05) is 43.0 Å². The minimum Gasteiger partial charge on any atom is -0.298 e. The van der Waals surface area contributed by atoms with Crippen LogP contribution in [-0.4, -0.2) is 57.2 Å². The smallest absolute Gasteiger partial charge is 0.298 e. The molecule has 1 fully saturated rings. The third-order valence-corrected chi connectivity index (χ3v) is 7.44. The summed E-state index contributed by atoms with van der Waals surface area (Å²) in [6, 6.07) is 4.22. The lowest BCUT2D eigenvalue weighted by molar-refractivity contribution is -0.145. The fourth-order valence-corrected chi connectivity index (χ4v) is 5.42. The summed E-state index contributed by atoms with van der Waals surface area (Å²) in [5.41, 5.74) is 0.785. The molecule has 0 saturated carbocycles. The Hall–Kier alpha value is -3.39. The molecular weight excluding hydrogens is 509 g/mol. The number of benzene rings is 1. The van der Waals surface area contributed by atoms with Gasteiger partial charge in [-0.2, -0.15) is 17.5 Å². The van der Waals surface area contributed by atoms with Crippen molar-refractivity contribution in [2.45, 2.75) is 42.5 Å². The van der Waals surface area contributed by atoms with Crippen LogP contribution in [0, 0.1) is 5.82 Å². The van der Waals surface area contributed by atoms with E-state index in [0.717, 1.165) is 47.3 Å². The maximum atomic E-state index is 14.2. The third-order valence-electron chi connectivity index (χ3n) is 5.55. The van der Waals surface area contributed by atoms with Crippen molar-refractivity contribution in [3.8, 4) is 11.3 Å². The summed E-state index contributed by atoms with van der Waals surface area (Å²) < 4.78 is 92.1. The molecule has 0 N–H and O–H groups in total. The number of rotatable bonds is 7. The highest BCUT2D eigenvalue weighted by Crippen LogP contribution is 2.30. The van der Waals surface area contributed by atoms with Crippen LogP contribution in [0.5, 0.6) is 0 Å². The van der Waals surface area contributed by atoms with Crippen LogP contribution < -0.4 is 0 Å². The number of hydrogen-bond donors (Lipinski definition) is 0. The van der Waals surface area contributed by atoms with Crippen molar-refractivity contribution in [3.63, 3.8) is 0 Å². The molecule has 0 spiro atoms. The molecule has 1 saturated heterocycles. The molecule has 1 aliphatic rings. The number of alkyl halides is 4. The van der Waals surface area contributed by atoms with Crippen LogP contribution in [0.4, 0.5) is 22.0 Å². The quantitative estimate of drug-likeness (QED) is 0.434. The first-order valence-electron chi connectivity index (χ1n) is 10.6. The van der Waals surface area contributed by atoms with Gasteiger partial charge in [0.05, 0.1) is 16.6 Å². The molecule has 190 valence electrons. The Bertz CT molecular complexity index is 1350. The van der Waals surface area contributed by atoms with E-state index in [1.54, 1.807) is 0 Å². The molecule has 0 amide bonds. The van der Waals surface area contributed by atoms with Crippen LogP contribution in [0.15, 0.2) is 53.9 Å². The van der Waals surface area contributed by atoms with Crippen LogP contribution >= 0.6 is 0 Å². The Kier molecular flexibility index (Phi) is 7.09. The zero-order valence-electron chi connectivity index (χ0n) is 18.4. The van der Waals surface area contributed by atoms with Crippen LogP contribution in [0.25, 0.3) is 11.3 Å². The first kappa shape index (κ1) is 25.7. The predicted molar refractivity (Wildman–Crippen MR) is 115 cm³/mol. The largest absolute Gasteiger partial charge is 0.451 e. The van der Waals surface area contributed by atoms with Gasteiger partial charge in [0.25, 0.3) is 0 Å². The molecule has 1 aliphatic heterocycles. The fraction of sp³-hybridized carbons (Fsp3) is 0.318. The van der Waals surface area contributed by atoms with E-state index in [2.05, 4.69) is 19.9 Å². The highest BCUT2D eigenvalue weighted by molar-refractivity contribution is 7.89. The number of aromatic nitrogens is 4. The van der Waals surface area contributed by atoms with Crippen molar-refractivity contribution in [2.75, 3.05) is 6.54 Å². The number of halogens is 5. The van der Waals surface area contributed by atoms with E-state index >= 15 is 0 Å². The number of ketones is 1. The summed E-state index contributed by atoms with van der Waals surface area (Å²) in [4.78, 5) is 27.2. The minimum atomic E-state index is -4.69. The number of hydrogen-bond acceptors (Lipinski definition) is 7. The highest BCUT2D eigenvalue weighted by atomic mass is 32.2. The van der Waals surface area contributed by atoms with Crippen LogP contribution in [-0.2, 0) is 27.4 Å². The molecule has 0 unspecified atom stereocenters. The van der Waals surface area contributed by atoms with Gasteiger partial charge < -0.3 is 0 Å². The van der Waals surface area contributed by atoms with Gasteiger partial charge in [-0.05, 0) is 36.8 Å². The lowest BCUT2D eigenvalue weighted by Gasteiger charge is -2.22. The Morgan fingerprint density at radius 2 is 1.72 bits per heavy atom. The zero-order valence-corrected chi connectivity index (χ0v) is 19.2. The molecule has 36 heavy (non-hydrogen) atoms. The molecule has 1 aromatic carbocycles. The fourth-order valence-electron chi connectivity index (χ4n) is 3.77. The van der Waals surface area contributed by atoms with E-state index in [-0.39, 0.29) is 35.4 Å². The number of Topliss-reactive ketones (excluding diaryl/α,β-unsaturated/α-hetero) is 1. The third kappa shape index (κ3) is 5.54. The van der Waals surface area contributed by atoms with E-state index in [1.165, 1.54) is 6.07 Å². The lowest BCUT2D eigenvalue weighted by Crippen LogP contribution is -2.40. The molecule has 2 atom stereocenters.